The number of para-hydroxylation sites is 2. The van der Waals surface area contributed by atoms with E-state index in [9.17, 15) is 13.2 Å². The maximum Gasteiger partial charge on any atom is 0.323 e. The molecule has 1 fully saturated rings. The topological polar surface area (TPSA) is 97.0 Å². The minimum absolute atomic E-state index is 0.181. The third kappa shape index (κ3) is 4.57. The Balaban J connectivity index is 1.66. The highest BCUT2D eigenvalue weighted by Gasteiger charge is 2.26. The zero-order valence-electron chi connectivity index (χ0n) is 14.8. The Morgan fingerprint density at radius 1 is 1.04 bits per heavy atom. The lowest BCUT2D eigenvalue weighted by atomic mass is 10.3. The minimum Gasteiger partial charge on any atom is -0.495 e. The molecule has 2 aromatic carbocycles. The van der Waals surface area contributed by atoms with E-state index in [2.05, 4.69) is 10.6 Å². The number of carbonyl (C=O) groups excluding carboxylic acids is 1. The first-order valence-corrected chi connectivity index (χ1v) is 9.84. The van der Waals surface area contributed by atoms with Crippen molar-refractivity contribution in [2.75, 3.05) is 44.0 Å². The Morgan fingerprint density at radius 2 is 1.70 bits per heavy atom. The Bertz CT molecular complexity index is 893. The van der Waals surface area contributed by atoms with Gasteiger partial charge in [0.15, 0.2) is 0 Å². The summed E-state index contributed by atoms with van der Waals surface area (Å²) in [6.07, 6.45) is 0. The quantitative estimate of drug-likeness (QED) is 0.816. The Hall–Kier alpha value is -2.62. The molecule has 0 bridgehead atoms. The van der Waals surface area contributed by atoms with Crippen LogP contribution in [0.5, 0.6) is 5.75 Å². The zero-order valence-corrected chi connectivity index (χ0v) is 15.7. The van der Waals surface area contributed by atoms with Crippen molar-refractivity contribution in [3.8, 4) is 5.75 Å². The van der Waals surface area contributed by atoms with E-state index in [1.54, 1.807) is 36.4 Å². The average Bonchev–Trinajstić information content (AvgIpc) is 2.69. The predicted molar refractivity (Wildman–Crippen MR) is 102 cm³/mol. The fourth-order valence-electron chi connectivity index (χ4n) is 2.68. The molecule has 0 radical (unpaired) electrons. The third-order valence-corrected chi connectivity index (χ3v) is 5.99. The van der Waals surface area contributed by atoms with E-state index in [-0.39, 0.29) is 4.90 Å². The van der Waals surface area contributed by atoms with Gasteiger partial charge in [-0.15, -0.1) is 0 Å². The lowest BCUT2D eigenvalue weighted by molar-refractivity contribution is 0.0730. The number of hydrogen-bond acceptors (Lipinski definition) is 5. The van der Waals surface area contributed by atoms with Crippen LogP contribution in [-0.4, -0.2) is 52.2 Å². The first kappa shape index (κ1) is 19.2. The number of amides is 2. The second-order valence-corrected chi connectivity index (χ2v) is 7.76. The molecule has 1 aliphatic heterocycles. The van der Waals surface area contributed by atoms with Crippen molar-refractivity contribution in [3.63, 3.8) is 0 Å². The van der Waals surface area contributed by atoms with Crippen LogP contribution in [0.4, 0.5) is 16.2 Å². The Labute approximate surface area is 158 Å². The number of anilines is 2. The van der Waals surface area contributed by atoms with Gasteiger partial charge in [-0.05, 0) is 36.4 Å². The van der Waals surface area contributed by atoms with Crippen molar-refractivity contribution in [2.24, 2.45) is 0 Å². The van der Waals surface area contributed by atoms with Gasteiger partial charge >= 0.3 is 6.03 Å². The summed E-state index contributed by atoms with van der Waals surface area (Å²) >= 11 is 0. The molecular formula is C18H21N3O5S. The van der Waals surface area contributed by atoms with Gasteiger partial charge in [0, 0.05) is 18.8 Å². The number of methoxy groups -OCH3 is 1. The molecule has 1 aliphatic rings. The number of hydrogen-bond donors (Lipinski definition) is 2. The van der Waals surface area contributed by atoms with E-state index in [0.717, 1.165) is 0 Å². The number of nitrogens with one attached hydrogen (secondary N) is 2. The summed E-state index contributed by atoms with van der Waals surface area (Å²) in [6, 6.07) is 12.6. The van der Waals surface area contributed by atoms with E-state index in [4.69, 9.17) is 9.47 Å². The number of benzene rings is 2. The summed E-state index contributed by atoms with van der Waals surface area (Å²) in [7, 11) is -2.04. The molecule has 0 aliphatic carbocycles. The lowest BCUT2D eigenvalue weighted by Gasteiger charge is -2.26. The molecule has 8 nitrogen and oxygen atoms in total. The van der Waals surface area contributed by atoms with Crippen LogP contribution in [0.3, 0.4) is 0 Å². The van der Waals surface area contributed by atoms with Crippen LogP contribution >= 0.6 is 0 Å². The van der Waals surface area contributed by atoms with E-state index in [0.29, 0.717) is 43.4 Å². The van der Waals surface area contributed by atoms with Crippen LogP contribution in [0.25, 0.3) is 0 Å². The van der Waals surface area contributed by atoms with E-state index >= 15 is 0 Å². The maximum atomic E-state index is 12.6. The Kier molecular flexibility index (Phi) is 5.94. The molecule has 2 aromatic rings. The summed E-state index contributed by atoms with van der Waals surface area (Å²) in [6.45, 7) is 1.46. The molecule has 27 heavy (non-hydrogen) atoms. The van der Waals surface area contributed by atoms with Gasteiger partial charge in [-0.1, -0.05) is 12.1 Å². The zero-order chi connectivity index (χ0) is 19.3. The number of morpholine rings is 1. The van der Waals surface area contributed by atoms with Crippen LogP contribution in [0.1, 0.15) is 0 Å². The SMILES string of the molecule is COc1ccccc1NC(=O)Nc1ccc(S(=O)(=O)N2CCOCC2)cc1. The van der Waals surface area contributed by atoms with E-state index in [1.807, 2.05) is 0 Å². The summed E-state index contributed by atoms with van der Waals surface area (Å²) in [5.41, 5.74) is 1.01. The van der Waals surface area contributed by atoms with Gasteiger partial charge < -0.3 is 20.1 Å². The maximum absolute atomic E-state index is 12.6. The van der Waals surface area contributed by atoms with Gasteiger partial charge in [0.25, 0.3) is 0 Å². The largest absolute Gasteiger partial charge is 0.495 e. The van der Waals surface area contributed by atoms with Gasteiger partial charge in [0.2, 0.25) is 10.0 Å². The highest BCUT2D eigenvalue weighted by atomic mass is 32.2. The smallest absolute Gasteiger partial charge is 0.323 e. The van der Waals surface area contributed by atoms with Crippen molar-refractivity contribution in [1.29, 1.82) is 0 Å². The van der Waals surface area contributed by atoms with Gasteiger partial charge in [0.1, 0.15) is 5.75 Å². The third-order valence-electron chi connectivity index (χ3n) is 4.08. The molecule has 0 aromatic heterocycles. The van der Waals surface area contributed by atoms with Crippen LogP contribution in [-0.2, 0) is 14.8 Å². The molecule has 9 heteroatoms. The van der Waals surface area contributed by atoms with Gasteiger partial charge in [-0.25, -0.2) is 13.2 Å². The summed E-state index contributed by atoms with van der Waals surface area (Å²) in [4.78, 5) is 12.3. The molecule has 0 spiro atoms. The summed E-state index contributed by atoms with van der Waals surface area (Å²) < 4.78 is 36.9. The summed E-state index contributed by atoms with van der Waals surface area (Å²) in [5.74, 6) is 0.541. The molecule has 1 heterocycles. The number of urea groups is 1. The predicted octanol–water partition coefficient (Wildman–Crippen LogP) is 2.36. The van der Waals surface area contributed by atoms with Gasteiger partial charge in [-0.2, -0.15) is 4.31 Å². The molecule has 0 saturated carbocycles. The second kappa shape index (κ2) is 8.38. The lowest BCUT2D eigenvalue weighted by Crippen LogP contribution is -2.40. The summed E-state index contributed by atoms with van der Waals surface area (Å²) in [5, 5.41) is 5.36. The molecular weight excluding hydrogens is 370 g/mol. The number of carbonyl (C=O) groups is 1. The monoisotopic (exact) mass is 391 g/mol. The van der Waals surface area contributed by atoms with E-state index < -0.39 is 16.1 Å². The fourth-order valence-corrected chi connectivity index (χ4v) is 4.09. The van der Waals surface area contributed by atoms with Crippen molar-refractivity contribution in [2.45, 2.75) is 4.90 Å². The normalized spacial score (nSPS) is 15.1. The molecule has 2 amide bonds. The second-order valence-electron chi connectivity index (χ2n) is 5.82. The first-order valence-electron chi connectivity index (χ1n) is 8.40. The molecule has 0 atom stereocenters. The minimum atomic E-state index is -3.56. The van der Waals surface area contributed by atoms with Crippen LogP contribution in [0.15, 0.2) is 53.4 Å². The molecule has 144 valence electrons. The van der Waals surface area contributed by atoms with Crippen LogP contribution in [0, 0.1) is 0 Å². The Morgan fingerprint density at radius 3 is 2.37 bits per heavy atom. The number of sulfonamides is 1. The molecule has 3 rings (SSSR count). The number of rotatable bonds is 5. The van der Waals surface area contributed by atoms with Crippen LogP contribution in [0.2, 0.25) is 0 Å². The standard InChI is InChI=1S/C18H21N3O5S/c1-25-17-5-3-2-4-16(17)20-18(22)19-14-6-8-15(9-7-14)27(23,24)21-10-12-26-13-11-21/h2-9H,10-13H2,1H3,(H2,19,20,22). The molecule has 1 saturated heterocycles. The first-order chi connectivity index (χ1) is 13.0. The fraction of sp³-hybridized carbons (Fsp3) is 0.278. The van der Waals surface area contributed by atoms with Crippen molar-refractivity contribution >= 4 is 27.4 Å². The molecule has 0 unspecified atom stereocenters. The highest BCUT2D eigenvalue weighted by Crippen LogP contribution is 2.23. The van der Waals surface area contributed by atoms with Crippen molar-refractivity contribution in [1.82, 2.24) is 4.31 Å². The van der Waals surface area contributed by atoms with Crippen molar-refractivity contribution in [3.05, 3.63) is 48.5 Å². The van der Waals surface area contributed by atoms with E-state index in [1.165, 1.54) is 23.5 Å². The van der Waals surface area contributed by atoms with Crippen LogP contribution < -0.4 is 15.4 Å². The number of nitrogens with zero attached hydrogens (tertiary/aromatic N) is 1. The van der Waals surface area contributed by atoms with Gasteiger partial charge in [0.05, 0.1) is 30.9 Å². The highest BCUT2D eigenvalue weighted by molar-refractivity contribution is 7.89. The molecule has 2 N–H and O–H groups in total. The van der Waals surface area contributed by atoms with Crippen molar-refractivity contribution < 1.29 is 22.7 Å². The van der Waals surface area contributed by atoms with Gasteiger partial charge in [-0.3, -0.25) is 0 Å². The number of ether oxygens (including phenoxy) is 2. The average molecular weight is 391 g/mol.